The maximum Gasteiger partial charge on any atom is 0.220 e. The Balaban J connectivity index is 0. The van der Waals surface area contributed by atoms with E-state index in [1.54, 1.807) is 18.5 Å². The smallest absolute Gasteiger partial charge is 0.220 e. The molecular weight excluding hydrogens is 391 g/mol. The summed E-state index contributed by atoms with van der Waals surface area (Å²) in [4.78, 5) is 0. The van der Waals surface area contributed by atoms with Gasteiger partial charge >= 0.3 is 0 Å². The minimum atomic E-state index is -4.94. The van der Waals surface area contributed by atoms with Crippen LogP contribution in [0, 0.1) is 27.4 Å². The monoisotopic (exact) mass is 408 g/mol. The van der Waals surface area contributed by atoms with Crippen molar-refractivity contribution in [1.29, 1.82) is 0 Å². The van der Waals surface area contributed by atoms with E-state index in [-0.39, 0.29) is 5.54 Å². The molecule has 0 aliphatic rings. The second-order valence-electron chi connectivity index (χ2n) is 5.00. The summed E-state index contributed by atoms with van der Waals surface area (Å²) in [7, 11) is -9.89. The summed E-state index contributed by atoms with van der Waals surface area (Å²) < 4.78 is 79.6. The second-order valence-corrected chi connectivity index (χ2v) is 6.51. The van der Waals surface area contributed by atoms with Gasteiger partial charge in [0.1, 0.15) is 0 Å². The summed E-state index contributed by atoms with van der Waals surface area (Å²) in [6, 6.07) is 3.74. The molecule has 2 heterocycles. The second kappa shape index (κ2) is 11.3. The van der Waals surface area contributed by atoms with Crippen molar-refractivity contribution >= 4 is 0 Å². The Bertz CT molecular complexity index is 501. The van der Waals surface area contributed by atoms with E-state index >= 15 is 0 Å². The van der Waals surface area contributed by atoms with Crippen molar-refractivity contribution in [3.8, 4) is 0 Å². The number of nitrogens with zero attached hydrogens (tertiary/aromatic N) is 1. The standard InChI is InChI=1S/C8H14NO.C3H3NO.2ClHO4/c1-7-5-6-9(10-7)8(2,3)4;1-2-4-5-3-1;2*2-1(3,4)5/h5-6H,1-4H3;1-3H;2*(H,2,3,4,5)/q+1;;;/p-1. The molecule has 0 unspecified atom stereocenters. The molecule has 0 saturated carbocycles. The molecule has 14 heteroatoms. The Hall–Kier alpha value is -1.32. The largest absolute Gasteiger partial charge is 0.247 e. The Morgan fingerprint density at radius 3 is 1.52 bits per heavy atom. The molecule has 25 heavy (non-hydrogen) atoms. The van der Waals surface area contributed by atoms with E-state index in [0.717, 1.165) is 5.76 Å². The zero-order chi connectivity index (χ0) is 20.3. The number of halogens is 2. The van der Waals surface area contributed by atoms with Gasteiger partial charge in [0, 0.05) is 33.8 Å². The fourth-order valence-electron chi connectivity index (χ4n) is 0.946. The lowest BCUT2D eigenvalue weighted by atomic mass is 10.1. The molecule has 0 aliphatic heterocycles. The predicted molar refractivity (Wildman–Crippen MR) is 53.9 cm³/mol. The van der Waals surface area contributed by atoms with Crippen molar-refractivity contribution in [1.82, 2.24) is 0 Å². The van der Waals surface area contributed by atoms with Gasteiger partial charge in [-0.05, 0) is 9.90 Å². The van der Waals surface area contributed by atoms with Crippen LogP contribution in [0.4, 0.5) is 0 Å². The number of aryl methyl sites for hydroxylation is 1. The maximum absolute atomic E-state index is 8.49. The SMILES string of the molecule is Cc1cc[n+](C(C)(C)C)o1.[O-][Cl+3]([O-])([O-])[O-].[O-][Cl+3]([O-])([O-])[O-].c1c[nH+]oc1. The number of nitrogens with one attached hydrogen (secondary N) is 1. The molecule has 0 aliphatic carbocycles. The number of H-pyrrole nitrogens is 1. The molecule has 0 spiro atoms. The molecule has 0 fully saturated rings. The van der Waals surface area contributed by atoms with E-state index in [1.807, 2.05) is 23.9 Å². The zero-order valence-corrected chi connectivity index (χ0v) is 15.2. The van der Waals surface area contributed by atoms with Crippen molar-refractivity contribution in [2.75, 3.05) is 0 Å². The Morgan fingerprint density at radius 2 is 1.40 bits per heavy atom. The number of hydrogen-bond donors (Lipinski definition) is 0. The minimum absolute atomic E-state index is 0.0637. The van der Waals surface area contributed by atoms with Crippen LogP contribution < -0.4 is 47.2 Å². The molecule has 1 N–H and O–H groups in total. The van der Waals surface area contributed by atoms with E-state index in [4.69, 9.17) is 41.8 Å². The molecule has 0 amide bonds. The Labute approximate surface area is 147 Å². The first-order chi connectivity index (χ1) is 11.0. The van der Waals surface area contributed by atoms with Gasteiger partial charge in [0.2, 0.25) is 17.9 Å². The summed E-state index contributed by atoms with van der Waals surface area (Å²) in [5.41, 5.74) is 0.0637. The first kappa shape index (κ1) is 25.9. The van der Waals surface area contributed by atoms with Crippen molar-refractivity contribution in [3.05, 3.63) is 36.5 Å². The lowest BCUT2D eigenvalue weighted by Crippen LogP contribution is -2.68. The average molecular weight is 409 g/mol. The third-order valence-corrected chi connectivity index (χ3v) is 1.73. The molecule has 0 atom stereocenters. The highest BCUT2D eigenvalue weighted by molar-refractivity contribution is 4.84. The topological polar surface area (TPSA) is 229 Å². The van der Waals surface area contributed by atoms with Gasteiger partial charge in [0.05, 0.1) is 6.07 Å². The zero-order valence-electron chi connectivity index (χ0n) is 13.7. The van der Waals surface area contributed by atoms with Crippen LogP contribution in [0.2, 0.25) is 0 Å². The quantitative estimate of drug-likeness (QED) is 0.373. The van der Waals surface area contributed by atoms with Crippen LogP contribution in [0.25, 0.3) is 0 Å². The highest BCUT2D eigenvalue weighted by atomic mass is 35.7. The molecule has 0 saturated heterocycles. The summed E-state index contributed by atoms with van der Waals surface area (Å²) >= 11 is 0. The van der Waals surface area contributed by atoms with Crippen molar-refractivity contribution in [2.24, 2.45) is 0 Å². The highest BCUT2D eigenvalue weighted by Gasteiger charge is 2.25. The van der Waals surface area contributed by atoms with Gasteiger partial charge in [-0.3, -0.25) is 0 Å². The van der Waals surface area contributed by atoms with E-state index in [2.05, 4.69) is 30.5 Å². The predicted octanol–water partition coefficient (Wildman–Crippen LogP) is -7.79. The van der Waals surface area contributed by atoms with E-state index in [9.17, 15) is 0 Å². The summed E-state index contributed by atoms with van der Waals surface area (Å²) in [5.74, 6) is 0.954. The molecule has 0 aromatic carbocycles. The number of rotatable bonds is 0. The highest BCUT2D eigenvalue weighted by Crippen LogP contribution is 2.04. The first-order valence-corrected chi connectivity index (χ1v) is 8.59. The first-order valence-electron chi connectivity index (χ1n) is 6.12. The van der Waals surface area contributed by atoms with E-state index < -0.39 is 20.5 Å². The van der Waals surface area contributed by atoms with Gasteiger partial charge in [-0.25, -0.2) is 46.3 Å². The number of aromatic nitrogens is 2. The van der Waals surface area contributed by atoms with Crippen molar-refractivity contribution in [2.45, 2.75) is 33.2 Å². The Kier molecular flexibility index (Phi) is 11.7. The van der Waals surface area contributed by atoms with Crippen LogP contribution in [-0.2, 0) is 5.54 Å². The molecule has 146 valence electrons. The molecule has 2 rings (SSSR count). The van der Waals surface area contributed by atoms with Gasteiger partial charge in [0.15, 0.2) is 12.0 Å². The Morgan fingerprint density at radius 1 is 0.960 bits per heavy atom. The lowest BCUT2D eigenvalue weighted by molar-refractivity contribution is -2.00. The van der Waals surface area contributed by atoms with Gasteiger partial charge in [-0.1, -0.05) is 0 Å². The van der Waals surface area contributed by atoms with Crippen LogP contribution in [0.15, 0.2) is 39.8 Å². The van der Waals surface area contributed by atoms with Crippen LogP contribution in [0.5, 0.6) is 0 Å². The summed E-state index contributed by atoms with van der Waals surface area (Å²) in [5, 5.41) is 2.49. The fraction of sp³-hybridized carbons (Fsp3) is 0.455. The van der Waals surface area contributed by atoms with Crippen LogP contribution >= 0.6 is 0 Å². The molecule has 2 aromatic heterocycles. The van der Waals surface area contributed by atoms with Crippen LogP contribution in [-0.4, -0.2) is 0 Å². The maximum atomic E-state index is 8.49. The number of aromatic amines is 1. The normalized spacial score (nSPS) is 11.2. The molecule has 0 bridgehead atoms. The third kappa shape index (κ3) is 27.8. The van der Waals surface area contributed by atoms with Gasteiger partial charge in [-0.2, -0.15) is 0 Å². The fourth-order valence-corrected chi connectivity index (χ4v) is 0.946. The van der Waals surface area contributed by atoms with Gasteiger partial charge in [0.25, 0.3) is 0 Å². The van der Waals surface area contributed by atoms with Gasteiger partial charge < -0.3 is 0 Å². The lowest BCUT2D eigenvalue weighted by Gasteiger charge is -2.17. The van der Waals surface area contributed by atoms with Crippen LogP contribution in [0.3, 0.4) is 0 Å². The minimum Gasteiger partial charge on any atom is -0.247 e. The summed E-state index contributed by atoms with van der Waals surface area (Å²) in [6.45, 7) is 8.27. The van der Waals surface area contributed by atoms with E-state index in [0.29, 0.717) is 0 Å². The van der Waals surface area contributed by atoms with Crippen LogP contribution in [0.1, 0.15) is 26.5 Å². The molecule has 2 aromatic rings. The summed E-state index contributed by atoms with van der Waals surface area (Å²) in [6.07, 6.45) is 5.23. The molecular formula is C11H18Cl2N2O10. The van der Waals surface area contributed by atoms with Crippen molar-refractivity contribution < 1.29 is 76.7 Å². The third-order valence-electron chi connectivity index (χ3n) is 1.73. The number of hydrogen-bond acceptors (Lipinski definition) is 10. The van der Waals surface area contributed by atoms with E-state index in [1.165, 1.54) is 0 Å². The average Bonchev–Trinajstić information content (AvgIpc) is 2.95. The van der Waals surface area contributed by atoms with Gasteiger partial charge in [-0.15, -0.1) is 20.5 Å². The van der Waals surface area contributed by atoms with Crippen molar-refractivity contribution in [3.63, 3.8) is 0 Å². The molecule has 12 nitrogen and oxygen atoms in total. The molecule has 0 radical (unpaired) electrons.